The second kappa shape index (κ2) is 8.16. The van der Waals surface area contributed by atoms with Crippen LogP contribution in [0.2, 0.25) is 0 Å². The molecule has 1 saturated heterocycles. The average molecular weight is 428 g/mol. The number of carbonyl (C=O) groups excluding carboxylic acids is 1. The molecule has 0 bridgehead atoms. The molecule has 5 nitrogen and oxygen atoms in total. The van der Waals surface area contributed by atoms with Gasteiger partial charge in [0, 0.05) is 17.7 Å². The van der Waals surface area contributed by atoms with E-state index in [1.54, 1.807) is 11.0 Å². The summed E-state index contributed by atoms with van der Waals surface area (Å²) in [6.07, 6.45) is 4.40. The summed E-state index contributed by atoms with van der Waals surface area (Å²) in [6, 6.07) is 11.6. The Hall–Kier alpha value is -2.38. The Labute approximate surface area is 178 Å². The number of hydrogen-bond donors (Lipinski definition) is 1. The van der Waals surface area contributed by atoms with Crippen molar-refractivity contribution in [2.45, 2.75) is 38.6 Å². The van der Waals surface area contributed by atoms with Crippen LogP contribution in [-0.4, -0.2) is 32.2 Å². The van der Waals surface area contributed by atoms with Crippen LogP contribution >= 0.6 is 24.0 Å². The van der Waals surface area contributed by atoms with Crippen LogP contribution < -0.4 is 0 Å². The third-order valence-electron chi connectivity index (χ3n) is 5.50. The van der Waals surface area contributed by atoms with Crippen molar-refractivity contribution >= 4 is 46.3 Å². The van der Waals surface area contributed by atoms with Crippen molar-refractivity contribution in [2.24, 2.45) is 5.92 Å². The van der Waals surface area contributed by atoms with E-state index in [0.717, 1.165) is 29.7 Å². The van der Waals surface area contributed by atoms with Crippen molar-refractivity contribution in [3.05, 3.63) is 52.6 Å². The zero-order valence-electron chi connectivity index (χ0n) is 16.0. The number of carboxylic acid groups (broad SMARTS) is 1. The summed E-state index contributed by atoms with van der Waals surface area (Å²) < 4.78 is 6.43. The highest BCUT2D eigenvalue weighted by atomic mass is 32.2. The Morgan fingerprint density at radius 3 is 2.83 bits per heavy atom. The van der Waals surface area contributed by atoms with E-state index in [0.29, 0.717) is 27.8 Å². The zero-order chi connectivity index (χ0) is 20.5. The Kier molecular flexibility index (Phi) is 5.61. The molecule has 2 unspecified atom stereocenters. The van der Waals surface area contributed by atoms with Crippen LogP contribution in [-0.2, 0) is 9.59 Å². The molecule has 2 aromatic rings. The molecule has 4 rings (SSSR count). The van der Waals surface area contributed by atoms with Gasteiger partial charge in [-0.3, -0.25) is 14.5 Å². The Morgan fingerprint density at radius 2 is 2.07 bits per heavy atom. The average Bonchev–Trinajstić information content (AvgIpc) is 3.27. The van der Waals surface area contributed by atoms with Gasteiger partial charge in [0.2, 0.25) is 0 Å². The molecular formula is C22H21NO4S2. The fraction of sp³-hybridized carbons (Fsp3) is 0.318. The predicted molar refractivity (Wildman–Crippen MR) is 117 cm³/mol. The summed E-state index contributed by atoms with van der Waals surface area (Å²) in [7, 11) is 0. The first-order valence-electron chi connectivity index (χ1n) is 9.59. The molecule has 0 spiro atoms. The van der Waals surface area contributed by atoms with Crippen LogP contribution in [0.5, 0.6) is 0 Å². The number of thioether (sulfide) groups is 1. The van der Waals surface area contributed by atoms with Crippen molar-refractivity contribution in [3.8, 4) is 11.3 Å². The molecule has 2 aliphatic rings. The fourth-order valence-corrected chi connectivity index (χ4v) is 5.35. The van der Waals surface area contributed by atoms with E-state index in [1.807, 2.05) is 43.3 Å². The number of thiocarbonyl (C=S) groups is 1. The smallest absolute Gasteiger partial charge is 0.306 e. The lowest BCUT2D eigenvalue weighted by Crippen LogP contribution is -2.42. The second-order valence-electron chi connectivity index (χ2n) is 7.42. The van der Waals surface area contributed by atoms with E-state index in [-0.39, 0.29) is 11.9 Å². The van der Waals surface area contributed by atoms with Crippen LogP contribution in [0.3, 0.4) is 0 Å². The first-order chi connectivity index (χ1) is 13.9. The van der Waals surface area contributed by atoms with Gasteiger partial charge in [0.15, 0.2) is 0 Å². The molecule has 0 radical (unpaired) electrons. The van der Waals surface area contributed by atoms with Gasteiger partial charge >= 0.3 is 5.97 Å². The minimum atomic E-state index is -0.796. The van der Waals surface area contributed by atoms with Gasteiger partial charge in [0.05, 0.1) is 10.8 Å². The maximum atomic E-state index is 13.0. The van der Waals surface area contributed by atoms with E-state index in [2.05, 4.69) is 0 Å². The van der Waals surface area contributed by atoms with Crippen molar-refractivity contribution in [1.82, 2.24) is 4.90 Å². The summed E-state index contributed by atoms with van der Waals surface area (Å²) in [6.45, 7) is 2.03. The predicted octanol–water partition coefficient (Wildman–Crippen LogP) is 5.10. The number of nitrogens with zero attached hydrogens (tertiary/aromatic N) is 1. The second-order valence-corrected chi connectivity index (χ2v) is 9.10. The number of furan rings is 1. The van der Waals surface area contributed by atoms with Crippen molar-refractivity contribution in [1.29, 1.82) is 0 Å². The number of aliphatic carboxylic acids is 1. The van der Waals surface area contributed by atoms with Crippen molar-refractivity contribution in [2.75, 3.05) is 0 Å². The quantitative estimate of drug-likeness (QED) is 0.541. The SMILES string of the molecule is Cc1ccccc1-c1ccc(/C=C2/SC(=S)N(C3CCCC(C(=O)O)C3)C2=O)o1. The normalized spacial score (nSPS) is 23.8. The highest BCUT2D eigenvalue weighted by Gasteiger charge is 2.40. The number of amides is 1. The lowest BCUT2D eigenvalue weighted by molar-refractivity contribution is -0.144. The number of benzene rings is 1. The number of rotatable bonds is 4. The number of carbonyl (C=O) groups is 2. The van der Waals surface area contributed by atoms with Crippen LogP contribution in [0.15, 0.2) is 45.7 Å². The number of carboxylic acids is 1. The lowest BCUT2D eigenvalue weighted by Gasteiger charge is -2.32. The lowest BCUT2D eigenvalue weighted by atomic mass is 9.85. The van der Waals surface area contributed by atoms with Crippen LogP contribution in [0.1, 0.15) is 37.0 Å². The topological polar surface area (TPSA) is 70.8 Å². The summed E-state index contributed by atoms with van der Waals surface area (Å²) >= 11 is 6.69. The molecule has 1 N–H and O–H groups in total. The van der Waals surface area contributed by atoms with E-state index in [9.17, 15) is 14.7 Å². The minimum Gasteiger partial charge on any atom is -0.481 e. The molecule has 2 atom stereocenters. The highest BCUT2D eigenvalue weighted by Crippen LogP contribution is 2.39. The first kappa shape index (κ1) is 19.9. The summed E-state index contributed by atoms with van der Waals surface area (Å²) in [5.41, 5.74) is 2.13. The van der Waals surface area contributed by atoms with E-state index >= 15 is 0 Å². The molecule has 1 aromatic carbocycles. The van der Waals surface area contributed by atoms with Crippen LogP contribution in [0, 0.1) is 12.8 Å². The maximum Gasteiger partial charge on any atom is 0.306 e. The van der Waals surface area contributed by atoms with Gasteiger partial charge in [-0.1, -0.05) is 54.7 Å². The van der Waals surface area contributed by atoms with Gasteiger partial charge in [0.25, 0.3) is 5.91 Å². The van der Waals surface area contributed by atoms with Gasteiger partial charge < -0.3 is 9.52 Å². The molecule has 29 heavy (non-hydrogen) atoms. The number of aryl methyl sites for hydroxylation is 1. The van der Waals surface area contributed by atoms with Crippen LogP contribution in [0.4, 0.5) is 0 Å². The molecule has 1 aromatic heterocycles. The Balaban J connectivity index is 1.54. The molecule has 2 fully saturated rings. The minimum absolute atomic E-state index is 0.151. The molecule has 1 aliphatic carbocycles. The molecule has 150 valence electrons. The molecule has 1 aliphatic heterocycles. The van der Waals surface area contributed by atoms with Gasteiger partial charge in [-0.05, 0) is 43.9 Å². The largest absolute Gasteiger partial charge is 0.481 e. The molecule has 1 amide bonds. The Bertz CT molecular complexity index is 1010. The van der Waals surface area contributed by atoms with Gasteiger partial charge in [-0.15, -0.1) is 0 Å². The highest BCUT2D eigenvalue weighted by molar-refractivity contribution is 8.26. The van der Waals surface area contributed by atoms with Crippen molar-refractivity contribution in [3.63, 3.8) is 0 Å². The third kappa shape index (κ3) is 4.02. The van der Waals surface area contributed by atoms with Crippen molar-refractivity contribution < 1.29 is 19.1 Å². The summed E-state index contributed by atoms with van der Waals surface area (Å²) in [5.74, 6) is -0.0266. The molecular weight excluding hydrogens is 406 g/mol. The Morgan fingerprint density at radius 1 is 1.28 bits per heavy atom. The summed E-state index contributed by atoms with van der Waals surface area (Å²) in [4.78, 5) is 26.5. The van der Waals surface area contributed by atoms with E-state index in [4.69, 9.17) is 16.6 Å². The monoisotopic (exact) mass is 427 g/mol. The fourth-order valence-electron chi connectivity index (χ4n) is 3.97. The number of hydrogen-bond acceptors (Lipinski definition) is 5. The summed E-state index contributed by atoms with van der Waals surface area (Å²) in [5, 5.41) is 9.33. The van der Waals surface area contributed by atoms with Gasteiger partial charge in [-0.25, -0.2) is 0 Å². The van der Waals surface area contributed by atoms with E-state index < -0.39 is 11.9 Å². The molecule has 1 saturated carbocycles. The van der Waals surface area contributed by atoms with Gasteiger partial charge in [0.1, 0.15) is 15.8 Å². The first-order valence-corrected chi connectivity index (χ1v) is 10.8. The molecule has 7 heteroatoms. The van der Waals surface area contributed by atoms with E-state index in [1.165, 1.54) is 11.8 Å². The molecule has 2 heterocycles. The zero-order valence-corrected chi connectivity index (χ0v) is 17.6. The van der Waals surface area contributed by atoms with Crippen LogP contribution in [0.25, 0.3) is 17.4 Å². The standard InChI is InChI=1S/C22H21NO4S2/c1-13-5-2-3-8-17(13)18-10-9-16(27-18)12-19-20(24)23(22(28)29-19)15-7-4-6-14(11-15)21(25)26/h2-3,5,8-10,12,14-15H,4,6-7,11H2,1H3,(H,25,26)/b19-12+. The third-order valence-corrected chi connectivity index (χ3v) is 6.83. The maximum absolute atomic E-state index is 13.0. The van der Waals surface area contributed by atoms with Gasteiger partial charge in [-0.2, -0.15) is 0 Å².